The molecule has 1 fully saturated rings. The van der Waals surface area contributed by atoms with E-state index in [4.69, 9.17) is 0 Å². The molecule has 0 aliphatic carbocycles. The predicted octanol–water partition coefficient (Wildman–Crippen LogP) is 3.24. The molecular formula is C17H27N3O. The van der Waals surface area contributed by atoms with E-state index < -0.39 is 0 Å². The molecule has 0 spiro atoms. The zero-order chi connectivity index (χ0) is 15.2. The highest BCUT2D eigenvalue weighted by Gasteiger charge is 2.18. The molecule has 4 nitrogen and oxygen atoms in total. The van der Waals surface area contributed by atoms with E-state index >= 15 is 0 Å². The number of carbonyl (C=O) groups excluding carboxylic acids is 1. The van der Waals surface area contributed by atoms with Gasteiger partial charge in [0.05, 0.1) is 0 Å². The molecule has 1 aliphatic heterocycles. The van der Waals surface area contributed by atoms with E-state index in [0.29, 0.717) is 6.04 Å². The first kappa shape index (κ1) is 15.8. The number of likely N-dealkylation sites (tertiary alicyclic amines) is 1. The zero-order valence-corrected chi connectivity index (χ0v) is 13.4. The summed E-state index contributed by atoms with van der Waals surface area (Å²) in [6, 6.07) is 6.72. The van der Waals surface area contributed by atoms with E-state index in [1.54, 1.807) is 6.92 Å². The summed E-state index contributed by atoms with van der Waals surface area (Å²) in [5.41, 5.74) is 3.09. The number of nitrogens with zero attached hydrogens (tertiary/aromatic N) is 1. The van der Waals surface area contributed by atoms with Gasteiger partial charge in [0.1, 0.15) is 0 Å². The van der Waals surface area contributed by atoms with Crippen LogP contribution in [0.1, 0.15) is 38.7 Å². The average molecular weight is 289 g/mol. The first-order valence-electron chi connectivity index (χ1n) is 7.95. The Hall–Kier alpha value is -1.55. The summed E-state index contributed by atoms with van der Waals surface area (Å²) in [7, 11) is 0. The van der Waals surface area contributed by atoms with Gasteiger partial charge in [0.25, 0.3) is 0 Å². The van der Waals surface area contributed by atoms with Crippen LogP contribution in [-0.4, -0.2) is 36.5 Å². The second-order valence-corrected chi connectivity index (χ2v) is 5.97. The van der Waals surface area contributed by atoms with Gasteiger partial charge in [-0.25, -0.2) is 0 Å². The monoisotopic (exact) mass is 289 g/mol. The van der Waals surface area contributed by atoms with Crippen molar-refractivity contribution in [2.24, 2.45) is 0 Å². The minimum absolute atomic E-state index is 0.0249. The van der Waals surface area contributed by atoms with Crippen LogP contribution in [0.15, 0.2) is 18.2 Å². The number of amides is 1. The van der Waals surface area contributed by atoms with Crippen LogP contribution in [-0.2, 0) is 4.79 Å². The van der Waals surface area contributed by atoms with E-state index in [9.17, 15) is 4.79 Å². The van der Waals surface area contributed by atoms with Crippen molar-refractivity contribution in [1.82, 2.24) is 4.90 Å². The Morgan fingerprint density at radius 1 is 1.33 bits per heavy atom. The summed E-state index contributed by atoms with van der Waals surface area (Å²) in [5, 5.41) is 6.49. The molecule has 0 atom stereocenters. The van der Waals surface area contributed by atoms with Crippen LogP contribution in [0.5, 0.6) is 0 Å². The Balaban J connectivity index is 1.93. The Morgan fingerprint density at radius 3 is 2.67 bits per heavy atom. The molecule has 1 aromatic rings. The van der Waals surface area contributed by atoms with Crippen LogP contribution in [0, 0.1) is 6.92 Å². The van der Waals surface area contributed by atoms with E-state index in [2.05, 4.69) is 34.6 Å². The van der Waals surface area contributed by atoms with Crippen molar-refractivity contribution in [3.8, 4) is 0 Å². The van der Waals surface area contributed by atoms with Crippen molar-refractivity contribution >= 4 is 17.3 Å². The van der Waals surface area contributed by atoms with Crippen LogP contribution in [0.3, 0.4) is 0 Å². The number of carbonyl (C=O) groups is 1. The maximum atomic E-state index is 11.2. The number of hydrogen-bond donors (Lipinski definition) is 2. The first-order valence-corrected chi connectivity index (χ1v) is 7.95. The SMILES string of the molecule is CCCN1CCC(Nc2ccc(C)c(NC(C)=O)c2)CC1. The number of hydrogen-bond acceptors (Lipinski definition) is 3. The lowest BCUT2D eigenvalue weighted by Gasteiger charge is -2.32. The normalized spacial score (nSPS) is 16.7. The Labute approximate surface area is 127 Å². The molecule has 0 radical (unpaired) electrons. The fraction of sp³-hybridized carbons (Fsp3) is 0.588. The molecule has 2 N–H and O–H groups in total. The van der Waals surface area contributed by atoms with Crippen molar-refractivity contribution in [3.63, 3.8) is 0 Å². The molecule has 1 aromatic carbocycles. The molecule has 4 heteroatoms. The molecular weight excluding hydrogens is 262 g/mol. The van der Waals surface area contributed by atoms with Gasteiger partial charge in [0.15, 0.2) is 0 Å². The van der Waals surface area contributed by atoms with Gasteiger partial charge in [-0.05, 0) is 50.4 Å². The summed E-state index contributed by atoms with van der Waals surface area (Å²) in [4.78, 5) is 13.8. The highest BCUT2D eigenvalue weighted by atomic mass is 16.1. The lowest BCUT2D eigenvalue weighted by atomic mass is 10.0. The maximum absolute atomic E-state index is 11.2. The lowest BCUT2D eigenvalue weighted by Crippen LogP contribution is -2.39. The van der Waals surface area contributed by atoms with Crippen LogP contribution in [0.2, 0.25) is 0 Å². The lowest BCUT2D eigenvalue weighted by molar-refractivity contribution is -0.114. The standard InChI is InChI=1S/C17H27N3O/c1-4-9-20-10-7-15(8-11-20)19-16-6-5-13(2)17(12-16)18-14(3)21/h5-6,12,15,19H,4,7-11H2,1-3H3,(H,18,21). The third-order valence-corrected chi connectivity index (χ3v) is 4.05. The van der Waals surface area contributed by atoms with E-state index in [-0.39, 0.29) is 5.91 Å². The van der Waals surface area contributed by atoms with Crippen molar-refractivity contribution in [2.75, 3.05) is 30.3 Å². The Bertz CT molecular complexity index is 479. The molecule has 116 valence electrons. The fourth-order valence-corrected chi connectivity index (χ4v) is 2.89. The van der Waals surface area contributed by atoms with Gasteiger partial charge >= 0.3 is 0 Å². The topological polar surface area (TPSA) is 44.4 Å². The van der Waals surface area contributed by atoms with E-state index in [1.807, 2.05) is 13.0 Å². The van der Waals surface area contributed by atoms with Crippen molar-refractivity contribution < 1.29 is 4.79 Å². The highest BCUT2D eigenvalue weighted by molar-refractivity contribution is 5.90. The van der Waals surface area contributed by atoms with Crippen molar-refractivity contribution in [3.05, 3.63) is 23.8 Å². The number of piperidine rings is 1. The van der Waals surface area contributed by atoms with Crippen molar-refractivity contribution in [2.45, 2.75) is 46.1 Å². The molecule has 0 unspecified atom stereocenters. The maximum Gasteiger partial charge on any atom is 0.221 e. The van der Waals surface area contributed by atoms with E-state index in [1.165, 1.54) is 38.9 Å². The van der Waals surface area contributed by atoms with Crippen LogP contribution < -0.4 is 10.6 Å². The number of nitrogens with one attached hydrogen (secondary N) is 2. The highest BCUT2D eigenvalue weighted by Crippen LogP contribution is 2.23. The second kappa shape index (κ2) is 7.46. The molecule has 1 saturated heterocycles. The van der Waals surface area contributed by atoms with Gasteiger partial charge in [0.2, 0.25) is 5.91 Å². The molecule has 21 heavy (non-hydrogen) atoms. The van der Waals surface area contributed by atoms with Gasteiger partial charge in [-0.2, -0.15) is 0 Å². The van der Waals surface area contributed by atoms with Gasteiger partial charge in [-0.1, -0.05) is 13.0 Å². The van der Waals surface area contributed by atoms with Gasteiger partial charge in [-0.15, -0.1) is 0 Å². The molecule has 0 saturated carbocycles. The zero-order valence-electron chi connectivity index (χ0n) is 13.4. The van der Waals surface area contributed by atoms with Crippen molar-refractivity contribution in [1.29, 1.82) is 0 Å². The van der Waals surface area contributed by atoms with Gasteiger partial charge in [-0.3, -0.25) is 4.79 Å². The first-order chi connectivity index (χ1) is 10.1. The minimum Gasteiger partial charge on any atom is -0.382 e. The number of rotatable bonds is 5. The summed E-state index contributed by atoms with van der Waals surface area (Å²) >= 11 is 0. The molecule has 0 aromatic heterocycles. The van der Waals surface area contributed by atoms with Crippen LogP contribution in [0.25, 0.3) is 0 Å². The predicted molar refractivity (Wildman–Crippen MR) is 88.9 cm³/mol. The molecule has 2 rings (SSSR count). The molecule has 1 aliphatic rings. The largest absolute Gasteiger partial charge is 0.382 e. The minimum atomic E-state index is -0.0249. The summed E-state index contributed by atoms with van der Waals surface area (Å²) in [6.45, 7) is 9.36. The molecule has 1 amide bonds. The summed E-state index contributed by atoms with van der Waals surface area (Å²) < 4.78 is 0. The quantitative estimate of drug-likeness (QED) is 0.874. The Morgan fingerprint density at radius 2 is 2.05 bits per heavy atom. The molecule has 0 bridgehead atoms. The Kier molecular flexibility index (Phi) is 5.62. The summed E-state index contributed by atoms with van der Waals surface area (Å²) in [6.07, 6.45) is 3.60. The third-order valence-electron chi connectivity index (χ3n) is 4.05. The number of anilines is 2. The second-order valence-electron chi connectivity index (χ2n) is 5.97. The van der Waals surface area contributed by atoms with Crippen LogP contribution >= 0.6 is 0 Å². The number of benzene rings is 1. The third kappa shape index (κ3) is 4.74. The van der Waals surface area contributed by atoms with Gasteiger partial charge < -0.3 is 15.5 Å². The van der Waals surface area contributed by atoms with E-state index in [0.717, 1.165) is 16.9 Å². The smallest absolute Gasteiger partial charge is 0.221 e. The molecule has 1 heterocycles. The van der Waals surface area contributed by atoms with Gasteiger partial charge in [0, 0.05) is 37.4 Å². The van der Waals surface area contributed by atoms with Crippen LogP contribution in [0.4, 0.5) is 11.4 Å². The number of aryl methyl sites for hydroxylation is 1. The fourth-order valence-electron chi connectivity index (χ4n) is 2.89. The average Bonchev–Trinajstić information content (AvgIpc) is 2.44. The summed E-state index contributed by atoms with van der Waals surface area (Å²) in [5.74, 6) is -0.0249.